The third-order valence-corrected chi connectivity index (χ3v) is 1.93. The number of hydrogen-bond donors (Lipinski definition) is 1. The minimum Gasteiger partial charge on any atom is -0.476 e. The Balaban J connectivity index is 3.54. The number of carbonyl (C=O) groups is 3. The molecule has 0 saturated carbocycles. The maximum Gasteiger partial charge on any atom is 0.372 e. The number of rotatable bonds is 8. The molecule has 1 N–H and O–H groups in total. The van der Waals surface area contributed by atoms with Gasteiger partial charge in [-0.1, -0.05) is 19.8 Å². The molecule has 0 aromatic heterocycles. The van der Waals surface area contributed by atoms with Crippen molar-refractivity contribution in [3.63, 3.8) is 0 Å². The van der Waals surface area contributed by atoms with Crippen LogP contribution in [-0.2, 0) is 14.4 Å². The Labute approximate surface area is 83.3 Å². The molecule has 0 aliphatic heterocycles. The Bertz CT molecular complexity index is 220. The van der Waals surface area contributed by atoms with Crippen LogP contribution in [-0.4, -0.2) is 22.6 Å². The lowest BCUT2D eigenvalue weighted by atomic mass is 10.1. The molecule has 0 saturated heterocycles. The van der Waals surface area contributed by atoms with Gasteiger partial charge < -0.3 is 5.11 Å². The van der Waals surface area contributed by atoms with E-state index in [9.17, 15) is 14.4 Å². The minimum absolute atomic E-state index is 0.0203. The first kappa shape index (κ1) is 12.8. The zero-order valence-electron chi connectivity index (χ0n) is 8.41. The molecule has 0 atom stereocenters. The monoisotopic (exact) mass is 200 g/mol. The highest BCUT2D eigenvalue weighted by Crippen LogP contribution is 2.03. The van der Waals surface area contributed by atoms with E-state index < -0.39 is 11.8 Å². The fourth-order valence-electron chi connectivity index (χ4n) is 1.06. The molecule has 4 nitrogen and oxygen atoms in total. The first-order valence-corrected chi connectivity index (χ1v) is 4.85. The van der Waals surface area contributed by atoms with E-state index in [-0.39, 0.29) is 18.6 Å². The molecular formula is C10H16O4. The number of ketones is 2. The van der Waals surface area contributed by atoms with E-state index >= 15 is 0 Å². The van der Waals surface area contributed by atoms with Gasteiger partial charge in [-0.05, 0) is 6.42 Å². The van der Waals surface area contributed by atoms with Gasteiger partial charge >= 0.3 is 5.97 Å². The third kappa shape index (κ3) is 6.34. The fourth-order valence-corrected chi connectivity index (χ4v) is 1.06. The molecule has 0 rings (SSSR count). The first-order chi connectivity index (χ1) is 6.57. The predicted molar refractivity (Wildman–Crippen MR) is 51.0 cm³/mol. The van der Waals surface area contributed by atoms with Gasteiger partial charge in [0.05, 0.1) is 0 Å². The van der Waals surface area contributed by atoms with Gasteiger partial charge in [0.25, 0.3) is 0 Å². The van der Waals surface area contributed by atoms with Gasteiger partial charge in [-0.15, -0.1) is 0 Å². The second-order valence-corrected chi connectivity index (χ2v) is 3.22. The van der Waals surface area contributed by atoms with Gasteiger partial charge in [0.1, 0.15) is 5.78 Å². The highest BCUT2D eigenvalue weighted by Gasteiger charge is 2.12. The highest BCUT2D eigenvalue weighted by atomic mass is 16.4. The van der Waals surface area contributed by atoms with Crippen molar-refractivity contribution in [1.29, 1.82) is 0 Å². The molecule has 0 aliphatic carbocycles. The average Bonchev–Trinajstić information content (AvgIpc) is 2.14. The molecule has 0 unspecified atom stereocenters. The van der Waals surface area contributed by atoms with Crippen LogP contribution in [0.1, 0.15) is 45.4 Å². The minimum atomic E-state index is -1.45. The SMILES string of the molecule is CCCCCC(=O)CCC(=O)C(=O)O. The Kier molecular flexibility index (Phi) is 6.62. The summed E-state index contributed by atoms with van der Waals surface area (Å²) >= 11 is 0. The molecule has 0 heterocycles. The zero-order valence-corrected chi connectivity index (χ0v) is 8.41. The van der Waals surface area contributed by atoms with Crippen molar-refractivity contribution in [2.45, 2.75) is 45.4 Å². The smallest absolute Gasteiger partial charge is 0.372 e. The van der Waals surface area contributed by atoms with Crippen molar-refractivity contribution in [1.82, 2.24) is 0 Å². The van der Waals surface area contributed by atoms with Gasteiger partial charge in [-0.2, -0.15) is 0 Å². The number of carboxylic acids is 1. The van der Waals surface area contributed by atoms with Crippen molar-refractivity contribution < 1.29 is 19.5 Å². The van der Waals surface area contributed by atoms with Crippen molar-refractivity contribution in [2.75, 3.05) is 0 Å². The van der Waals surface area contributed by atoms with Crippen LogP contribution in [0.15, 0.2) is 0 Å². The number of aliphatic carboxylic acids is 1. The van der Waals surface area contributed by atoms with E-state index in [1.807, 2.05) is 6.92 Å². The van der Waals surface area contributed by atoms with Gasteiger partial charge in [0, 0.05) is 19.3 Å². The highest BCUT2D eigenvalue weighted by molar-refractivity contribution is 6.32. The average molecular weight is 200 g/mol. The fraction of sp³-hybridized carbons (Fsp3) is 0.700. The third-order valence-electron chi connectivity index (χ3n) is 1.93. The maximum absolute atomic E-state index is 11.1. The normalized spacial score (nSPS) is 9.79. The van der Waals surface area contributed by atoms with Crippen LogP contribution in [0.5, 0.6) is 0 Å². The van der Waals surface area contributed by atoms with Crippen LogP contribution >= 0.6 is 0 Å². The molecule has 0 amide bonds. The van der Waals surface area contributed by atoms with Crippen LogP contribution in [0, 0.1) is 0 Å². The quantitative estimate of drug-likeness (QED) is 0.477. The second-order valence-electron chi connectivity index (χ2n) is 3.22. The molecule has 4 heteroatoms. The largest absolute Gasteiger partial charge is 0.476 e. The summed E-state index contributed by atoms with van der Waals surface area (Å²) in [4.78, 5) is 31.8. The lowest BCUT2D eigenvalue weighted by Gasteiger charge is -1.98. The summed E-state index contributed by atoms with van der Waals surface area (Å²) in [5, 5.41) is 8.25. The lowest BCUT2D eigenvalue weighted by molar-refractivity contribution is -0.149. The van der Waals surface area contributed by atoms with E-state index in [0.29, 0.717) is 6.42 Å². The summed E-state index contributed by atoms with van der Waals surface area (Å²) in [6.07, 6.45) is 3.23. The Morgan fingerprint density at radius 3 is 2.14 bits per heavy atom. The van der Waals surface area contributed by atoms with Crippen LogP contribution in [0.2, 0.25) is 0 Å². The Morgan fingerprint density at radius 1 is 1.00 bits per heavy atom. The van der Waals surface area contributed by atoms with Crippen molar-refractivity contribution >= 4 is 17.5 Å². The summed E-state index contributed by atoms with van der Waals surface area (Å²) in [6.45, 7) is 2.04. The van der Waals surface area contributed by atoms with Gasteiger partial charge in [-0.3, -0.25) is 9.59 Å². The maximum atomic E-state index is 11.1. The molecule has 0 aromatic carbocycles. The molecule has 0 fully saturated rings. The summed E-state index contributed by atoms with van der Waals surface area (Å²) in [6, 6.07) is 0. The molecule has 0 aliphatic rings. The molecule has 0 radical (unpaired) electrons. The van der Waals surface area contributed by atoms with Crippen molar-refractivity contribution in [3.8, 4) is 0 Å². The van der Waals surface area contributed by atoms with E-state index in [2.05, 4.69) is 0 Å². The van der Waals surface area contributed by atoms with Crippen LogP contribution < -0.4 is 0 Å². The van der Waals surface area contributed by atoms with E-state index in [0.717, 1.165) is 19.3 Å². The lowest BCUT2D eigenvalue weighted by Crippen LogP contribution is -2.13. The van der Waals surface area contributed by atoms with Gasteiger partial charge in [-0.25, -0.2) is 4.79 Å². The number of carboxylic acid groups (broad SMARTS) is 1. The first-order valence-electron chi connectivity index (χ1n) is 4.85. The van der Waals surface area contributed by atoms with E-state index in [1.165, 1.54) is 0 Å². The van der Waals surface area contributed by atoms with E-state index in [4.69, 9.17) is 5.11 Å². The topological polar surface area (TPSA) is 71.4 Å². The number of Topliss-reactive ketones (excluding diaryl/α,β-unsaturated/α-hetero) is 2. The Morgan fingerprint density at radius 2 is 1.64 bits per heavy atom. The summed E-state index contributed by atoms with van der Waals surface area (Å²) in [7, 11) is 0. The van der Waals surface area contributed by atoms with Crippen molar-refractivity contribution in [2.24, 2.45) is 0 Å². The van der Waals surface area contributed by atoms with Crippen molar-refractivity contribution in [3.05, 3.63) is 0 Å². The number of hydrogen-bond acceptors (Lipinski definition) is 3. The van der Waals surface area contributed by atoms with Crippen LogP contribution in [0.25, 0.3) is 0 Å². The number of carbonyl (C=O) groups excluding carboxylic acids is 2. The zero-order chi connectivity index (χ0) is 11.0. The van der Waals surface area contributed by atoms with E-state index in [1.54, 1.807) is 0 Å². The molecule has 0 spiro atoms. The standard InChI is InChI=1S/C10H16O4/c1-2-3-4-5-8(11)6-7-9(12)10(13)14/h2-7H2,1H3,(H,13,14). The van der Waals surface area contributed by atoms with Crippen LogP contribution in [0.3, 0.4) is 0 Å². The van der Waals surface area contributed by atoms with Crippen LogP contribution in [0.4, 0.5) is 0 Å². The predicted octanol–water partition coefficient (Wildman–Crippen LogP) is 1.57. The molecule has 0 aromatic rings. The number of unbranched alkanes of at least 4 members (excludes halogenated alkanes) is 2. The molecule has 14 heavy (non-hydrogen) atoms. The summed E-state index contributed by atoms with van der Waals surface area (Å²) < 4.78 is 0. The molecule has 0 bridgehead atoms. The molecular weight excluding hydrogens is 184 g/mol. The molecule has 80 valence electrons. The Hall–Kier alpha value is -1.19. The second kappa shape index (κ2) is 7.24. The van der Waals surface area contributed by atoms with Gasteiger partial charge in [0.2, 0.25) is 5.78 Å². The van der Waals surface area contributed by atoms with Gasteiger partial charge in [0.15, 0.2) is 0 Å². The summed E-state index contributed by atoms with van der Waals surface area (Å²) in [5.74, 6) is -2.35. The summed E-state index contributed by atoms with van der Waals surface area (Å²) in [5.41, 5.74) is 0.